The van der Waals surface area contributed by atoms with Crippen molar-refractivity contribution in [1.29, 1.82) is 0 Å². The molecule has 1 heterocycles. The highest BCUT2D eigenvalue weighted by atomic mass is 19.1. The van der Waals surface area contributed by atoms with Crippen LogP contribution in [0.5, 0.6) is 0 Å². The maximum Gasteiger partial charge on any atom is 0.336 e. The van der Waals surface area contributed by atoms with E-state index >= 15 is 0 Å². The first kappa shape index (κ1) is 10.5. The summed E-state index contributed by atoms with van der Waals surface area (Å²) < 4.78 is 13.1. The van der Waals surface area contributed by atoms with Crippen molar-refractivity contribution in [1.82, 2.24) is 4.98 Å². The molecule has 0 bridgehead atoms. The highest BCUT2D eigenvalue weighted by Crippen LogP contribution is 2.22. The van der Waals surface area contributed by atoms with Crippen molar-refractivity contribution < 1.29 is 14.3 Å². The van der Waals surface area contributed by atoms with Gasteiger partial charge in [0.1, 0.15) is 5.82 Å². The lowest BCUT2D eigenvalue weighted by Gasteiger charge is -2.07. The first-order chi connectivity index (χ1) is 7.63. The third-order valence-electron chi connectivity index (χ3n) is 2.50. The lowest BCUT2D eigenvalue weighted by atomic mass is 10.0. The van der Waals surface area contributed by atoms with E-state index < -0.39 is 11.8 Å². The van der Waals surface area contributed by atoms with Gasteiger partial charge >= 0.3 is 5.97 Å². The average Bonchev–Trinajstić information content (AvgIpc) is 2.26. The molecule has 1 N–H and O–H groups in total. The van der Waals surface area contributed by atoms with Gasteiger partial charge in [0.2, 0.25) is 0 Å². The molecule has 0 unspecified atom stereocenters. The summed E-state index contributed by atoms with van der Waals surface area (Å²) in [6.45, 7) is 1.84. The van der Waals surface area contributed by atoms with Crippen molar-refractivity contribution in [2.45, 2.75) is 13.3 Å². The van der Waals surface area contributed by atoms with E-state index in [-0.39, 0.29) is 5.56 Å². The number of nitrogens with zero attached hydrogens (tertiary/aromatic N) is 1. The van der Waals surface area contributed by atoms with Crippen LogP contribution in [0.3, 0.4) is 0 Å². The second kappa shape index (κ2) is 3.89. The van der Waals surface area contributed by atoms with E-state index in [0.29, 0.717) is 22.9 Å². The second-order valence-corrected chi connectivity index (χ2v) is 3.48. The van der Waals surface area contributed by atoms with Gasteiger partial charge in [0.05, 0.1) is 11.1 Å². The summed E-state index contributed by atoms with van der Waals surface area (Å²) in [4.78, 5) is 15.3. The SMILES string of the molecule is CCc1cnc2ccc(F)cc2c1C(=O)O. The first-order valence-corrected chi connectivity index (χ1v) is 4.94. The molecule has 0 aliphatic rings. The van der Waals surface area contributed by atoms with Crippen molar-refractivity contribution >= 4 is 16.9 Å². The van der Waals surface area contributed by atoms with Gasteiger partial charge in [0.25, 0.3) is 0 Å². The fraction of sp³-hybridized carbons (Fsp3) is 0.167. The molecule has 1 aromatic carbocycles. The minimum atomic E-state index is -1.05. The minimum Gasteiger partial charge on any atom is -0.478 e. The van der Waals surface area contributed by atoms with Crippen LogP contribution in [0, 0.1) is 5.82 Å². The highest BCUT2D eigenvalue weighted by molar-refractivity contribution is 6.03. The maximum atomic E-state index is 13.1. The van der Waals surface area contributed by atoms with E-state index in [2.05, 4.69) is 4.98 Å². The Morgan fingerprint density at radius 2 is 2.25 bits per heavy atom. The van der Waals surface area contributed by atoms with E-state index in [1.807, 2.05) is 6.92 Å². The van der Waals surface area contributed by atoms with Gasteiger partial charge in [-0.25, -0.2) is 9.18 Å². The molecule has 16 heavy (non-hydrogen) atoms. The Morgan fingerprint density at radius 3 is 2.88 bits per heavy atom. The molecule has 0 aliphatic heterocycles. The summed E-state index contributed by atoms with van der Waals surface area (Å²) in [5.74, 6) is -1.50. The van der Waals surface area contributed by atoms with Gasteiger partial charge < -0.3 is 5.11 Å². The Hall–Kier alpha value is -1.97. The number of carboxylic acids is 1. The molecule has 0 atom stereocenters. The average molecular weight is 219 g/mol. The number of fused-ring (bicyclic) bond motifs is 1. The summed E-state index contributed by atoms with van der Waals surface area (Å²) >= 11 is 0. The quantitative estimate of drug-likeness (QED) is 0.844. The van der Waals surface area contributed by atoms with Gasteiger partial charge in [0.15, 0.2) is 0 Å². The van der Waals surface area contributed by atoms with Crippen molar-refractivity contribution in [3.8, 4) is 0 Å². The fourth-order valence-corrected chi connectivity index (χ4v) is 1.73. The number of pyridine rings is 1. The Balaban J connectivity index is 2.87. The van der Waals surface area contributed by atoms with Crippen molar-refractivity contribution in [2.24, 2.45) is 0 Å². The molecule has 0 radical (unpaired) electrons. The summed E-state index contributed by atoms with van der Waals surface area (Å²) in [5, 5.41) is 9.49. The lowest BCUT2D eigenvalue weighted by molar-refractivity contribution is 0.0698. The number of rotatable bonds is 2. The molecular weight excluding hydrogens is 209 g/mol. The van der Waals surface area contributed by atoms with E-state index in [4.69, 9.17) is 5.11 Å². The number of hydrogen-bond acceptors (Lipinski definition) is 2. The smallest absolute Gasteiger partial charge is 0.336 e. The maximum absolute atomic E-state index is 13.1. The normalized spacial score (nSPS) is 10.6. The standard InChI is InChI=1S/C12H10FNO2/c1-2-7-6-14-10-4-3-8(13)5-9(10)11(7)12(15)16/h3-6H,2H2,1H3,(H,15,16). The molecule has 4 heteroatoms. The highest BCUT2D eigenvalue weighted by Gasteiger charge is 2.14. The van der Waals surface area contributed by atoms with Crippen LogP contribution < -0.4 is 0 Å². The molecule has 0 spiro atoms. The predicted octanol–water partition coefficient (Wildman–Crippen LogP) is 2.63. The zero-order chi connectivity index (χ0) is 11.7. The fourth-order valence-electron chi connectivity index (χ4n) is 1.73. The molecule has 0 aliphatic carbocycles. The number of halogens is 1. The third kappa shape index (κ3) is 1.62. The van der Waals surface area contributed by atoms with Gasteiger partial charge in [-0.05, 0) is 30.2 Å². The van der Waals surface area contributed by atoms with E-state index in [9.17, 15) is 9.18 Å². The zero-order valence-electron chi connectivity index (χ0n) is 8.70. The Kier molecular flexibility index (Phi) is 2.56. The number of aromatic nitrogens is 1. The van der Waals surface area contributed by atoms with Crippen molar-refractivity contribution in [3.63, 3.8) is 0 Å². The predicted molar refractivity (Wildman–Crippen MR) is 58.0 cm³/mol. The van der Waals surface area contributed by atoms with Crippen LogP contribution in [0.2, 0.25) is 0 Å². The van der Waals surface area contributed by atoms with Crippen LogP contribution in [-0.2, 0) is 6.42 Å². The molecule has 0 amide bonds. The van der Waals surface area contributed by atoms with E-state index in [1.165, 1.54) is 24.4 Å². The number of aryl methyl sites for hydroxylation is 1. The zero-order valence-corrected chi connectivity index (χ0v) is 8.70. The Labute approximate surface area is 91.5 Å². The van der Waals surface area contributed by atoms with Crippen LogP contribution in [0.25, 0.3) is 10.9 Å². The van der Waals surface area contributed by atoms with E-state index in [1.54, 1.807) is 0 Å². The van der Waals surface area contributed by atoms with Gasteiger partial charge in [-0.3, -0.25) is 4.98 Å². The largest absolute Gasteiger partial charge is 0.478 e. The molecule has 0 saturated heterocycles. The van der Waals surface area contributed by atoms with Crippen LogP contribution >= 0.6 is 0 Å². The molecule has 0 saturated carbocycles. The molecule has 0 fully saturated rings. The van der Waals surface area contributed by atoms with Crippen LogP contribution in [0.1, 0.15) is 22.8 Å². The van der Waals surface area contributed by atoms with Crippen molar-refractivity contribution in [2.75, 3.05) is 0 Å². The van der Waals surface area contributed by atoms with Crippen LogP contribution in [-0.4, -0.2) is 16.1 Å². The summed E-state index contributed by atoms with van der Waals surface area (Å²) in [6.07, 6.45) is 2.09. The van der Waals surface area contributed by atoms with E-state index in [0.717, 1.165) is 0 Å². The summed E-state index contributed by atoms with van der Waals surface area (Å²) in [5.41, 5.74) is 1.26. The first-order valence-electron chi connectivity index (χ1n) is 4.94. The molecule has 82 valence electrons. The second-order valence-electron chi connectivity index (χ2n) is 3.48. The molecule has 3 nitrogen and oxygen atoms in total. The number of benzene rings is 1. The Bertz CT molecular complexity index is 566. The van der Waals surface area contributed by atoms with Crippen LogP contribution in [0.15, 0.2) is 24.4 Å². The topological polar surface area (TPSA) is 50.2 Å². The lowest BCUT2D eigenvalue weighted by Crippen LogP contribution is -2.04. The molecule has 2 rings (SSSR count). The number of hydrogen-bond donors (Lipinski definition) is 1. The van der Waals surface area contributed by atoms with Crippen LogP contribution in [0.4, 0.5) is 4.39 Å². The number of aromatic carboxylic acids is 1. The van der Waals surface area contributed by atoms with Gasteiger partial charge in [-0.1, -0.05) is 6.92 Å². The summed E-state index contributed by atoms with van der Waals surface area (Å²) in [6, 6.07) is 3.97. The van der Waals surface area contributed by atoms with Gasteiger partial charge in [0, 0.05) is 11.6 Å². The molecule has 1 aromatic heterocycles. The minimum absolute atomic E-state index is 0.145. The monoisotopic (exact) mass is 219 g/mol. The Morgan fingerprint density at radius 1 is 1.50 bits per heavy atom. The number of carboxylic acid groups (broad SMARTS) is 1. The summed E-state index contributed by atoms with van der Waals surface area (Å²) in [7, 11) is 0. The third-order valence-corrected chi connectivity index (χ3v) is 2.50. The van der Waals surface area contributed by atoms with Crippen molar-refractivity contribution in [3.05, 3.63) is 41.3 Å². The molecular formula is C12H10FNO2. The number of carbonyl (C=O) groups is 1. The van der Waals surface area contributed by atoms with Gasteiger partial charge in [-0.2, -0.15) is 0 Å². The van der Waals surface area contributed by atoms with Gasteiger partial charge in [-0.15, -0.1) is 0 Å². The molecule has 2 aromatic rings.